The zero-order valence-corrected chi connectivity index (χ0v) is 18.6. The maximum absolute atomic E-state index is 12.9. The average molecular weight is 462 g/mol. The van der Waals surface area contributed by atoms with Crippen molar-refractivity contribution in [3.8, 4) is 11.3 Å². The van der Waals surface area contributed by atoms with Crippen LogP contribution in [0, 0.1) is 6.92 Å². The summed E-state index contributed by atoms with van der Waals surface area (Å²) in [5.74, 6) is -0.406. The van der Waals surface area contributed by atoms with Gasteiger partial charge in [-0.05, 0) is 50.1 Å². The Balaban J connectivity index is 1.59. The number of benzene rings is 2. The van der Waals surface area contributed by atoms with E-state index in [0.29, 0.717) is 18.8 Å². The number of hydrogen-bond acceptors (Lipinski definition) is 5. The lowest BCUT2D eigenvalue weighted by atomic mass is 10.1. The second-order valence-corrected chi connectivity index (χ2v) is 10.4. The van der Waals surface area contributed by atoms with Gasteiger partial charge in [-0.1, -0.05) is 23.7 Å². The van der Waals surface area contributed by atoms with Gasteiger partial charge in [-0.25, -0.2) is 13.4 Å². The fourth-order valence-electron chi connectivity index (χ4n) is 3.37. The first kappa shape index (κ1) is 21.0. The van der Waals surface area contributed by atoms with E-state index in [9.17, 15) is 13.2 Å². The number of carbonyl (C=O) groups excluding carboxylic acids is 1. The summed E-state index contributed by atoms with van der Waals surface area (Å²) >= 11 is 7.73. The topological polar surface area (TPSA) is 79.4 Å². The zero-order valence-electron chi connectivity index (χ0n) is 16.3. The van der Waals surface area contributed by atoms with Crippen molar-refractivity contribution in [1.29, 1.82) is 0 Å². The molecule has 156 valence electrons. The molecule has 0 aliphatic carbocycles. The highest BCUT2D eigenvalue weighted by Gasteiger charge is 2.29. The van der Waals surface area contributed by atoms with Crippen LogP contribution in [-0.4, -0.2) is 36.7 Å². The molecule has 1 amide bonds. The Bertz CT molecular complexity index is 1200. The van der Waals surface area contributed by atoms with Crippen LogP contribution in [0.25, 0.3) is 11.3 Å². The molecule has 1 fully saturated rings. The van der Waals surface area contributed by atoms with Crippen LogP contribution in [0.4, 0.5) is 5.69 Å². The predicted molar refractivity (Wildman–Crippen MR) is 120 cm³/mol. The van der Waals surface area contributed by atoms with E-state index in [4.69, 9.17) is 11.6 Å². The molecule has 1 N–H and O–H groups in total. The second kappa shape index (κ2) is 8.47. The standard InChI is InChI=1S/C21H20ClN3O3S2/c1-14-23-19(13-29-14)15-5-4-6-17(11-15)24-21(26)16-7-8-18(22)20(12-16)30(27,28)25-9-2-3-10-25/h4-8,11-13H,2-3,9-10H2,1H3,(H,24,26). The molecule has 0 radical (unpaired) electrons. The van der Waals surface area contributed by atoms with Crippen LogP contribution >= 0.6 is 22.9 Å². The van der Waals surface area contributed by atoms with Crippen LogP contribution in [0.5, 0.6) is 0 Å². The Morgan fingerprint density at radius 2 is 1.93 bits per heavy atom. The molecule has 1 aliphatic rings. The maximum Gasteiger partial charge on any atom is 0.255 e. The normalized spacial score (nSPS) is 14.7. The molecule has 9 heteroatoms. The minimum absolute atomic E-state index is 0.0367. The van der Waals surface area contributed by atoms with Gasteiger partial charge in [0.15, 0.2) is 0 Å². The molecule has 3 aromatic rings. The van der Waals surface area contributed by atoms with E-state index in [2.05, 4.69) is 10.3 Å². The molecule has 4 rings (SSSR count). The van der Waals surface area contributed by atoms with Crippen molar-refractivity contribution in [2.24, 2.45) is 0 Å². The fourth-order valence-corrected chi connectivity index (χ4v) is 6.00. The monoisotopic (exact) mass is 461 g/mol. The van der Waals surface area contributed by atoms with Crippen molar-refractivity contribution in [1.82, 2.24) is 9.29 Å². The highest BCUT2D eigenvalue weighted by atomic mass is 35.5. The van der Waals surface area contributed by atoms with Crippen molar-refractivity contribution in [3.05, 3.63) is 63.4 Å². The number of carbonyl (C=O) groups is 1. The van der Waals surface area contributed by atoms with Gasteiger partial charge in [0.25, 0.3) is 5.91 Å². The third kappa shape index (κ3) is 4.27. The van der Waals surface area contributed by atoms with Gasteiger partial charge in [-0.15, -0.1) is 11.3 Å². The molecule has 0 bridgehead atoms. The number of aryl methyl sites for hydroxylation is 1. The van der Waals surface area contributed by atoms with Gasteiger partial charge in [0.05, 0.1) is 15.7 Å². The SMILES string of the molecule is Cc1nc(-c2cccc(NC(=O)c3ccc(Cl)c(S(=O)(=O)N4CCCC4)c3)c2)cs1. The quantitative estimate of drug-likeness (QED) is 0.591. The van der Waals surface area contributed by atoms with E-state index < -0.39 is 15.9 Å². The molecule has 6 nitrogen and oxygen atoms in total. The summed E-state index contributed by atoms with van der Waals surface area (Å²) in [6.07, 6.45) is 1.65. The molecule has 2 aromatic carbocycles. The predicted octanol–water partition coefficient (Wildman–Crippen LogP) is 4.81. The number of halogens is 1. The zero-order chi connectivity index (χ0) is 21.3. The molecule has 0 spiro atoms. The lowest BCUT2D eigenvalue weighted by Crippen LogP contribution is -2.28. The van der Waals surface area contributed by atoms with E-state index in [1.165, 1.54) is 22.5 Å². The number of anilines is 1. The summed E-state index contributed by atoms with van der Waals surface area (Å²) < 4.78 is 27.2. The molecular formula is C21H20ClN3O3S2. The minimum Gasteiger partial charge on any atom is -0.322 e. The van der Waals surface area contributed by atoms with Crippen molar-refractivity contribution in [3.63, 3.8) is 0 Å². The van der Waals surface area contributed by atoms with E-state index in [1.807, 2.05) is 30.5 Å². The molecule has 0 saturated carbocycles. The van der Waals surface area contributed by atoms with E-state index in [0.717, 1.165) is 29.1 Å². The number of nitrogens with zero attached hydrogens (tertiary/aromatic N) is 2. The highest BCUT2D eigenvalue weighted by Crippen LogP contribution is 2.29. The lowest BCUT2D eigenvalue weighted by molar-refractivity contribution is 0.102. The Morgan fingerprint density at radius 1 is 1.17 bits per heavy atom. The largest absolute Gasteiger partial charge is 0.322 e. The smallest absolute Gasteiger partial charge is 0.255 e. The van der Waals surface area contributed by atoms with Gasteiger partial charge < -0.3 is 5.32 Å². The van der Waals surface area contributed by atoms with Gasteiger partial charge in [0.2, 0.25) is 10.0 Å². The molecule has 1 aromatic heterocycles. The summed E-state index contributed by atoms with van der Waals surface area (Å²) in [5.41, 5.74) is 2.57. The van der Waals surface area contributed by atoms with Crippen LogP contribution < -0.4 is 5.32 Å². The highest BCUT2D eigenvalue weighted by molar-refractivity contribution is 7.89. The Labute approximate surface area is 184 Å². The number of hydrogen-bond donors (Lipinski definition) is 1. The molecular weight excluding hydrogens is 442 g/mol. The Hall–Kier alpha value is -2.26. The lowest BCUT2D eigenvalue weighted by Gasteiger charge is -2.17. The fraction of sp³-hybridized carbons (Fsp3) is 0.238. The molecule has 0 unspecified atom stereocenters. The number of aromatic nitrogens is 1. The van der Waals surface area contributed by atoms with E-state index in [-0.39, 0.29) is 15.5 Å². The number of sulfonamides is 1. The maximum atomic E-state index is 12.9. The van der Waals surface area contributed by atoms with Crippen LogP contribution in [0.15, 0.2) is 52.7 Å². The second-order valence-electron chi connectivity index (χ2n) is 7.04. The van der Waals surface area contributed by atoms with Gasteiger partial charge >= 0.3 is 0 Å². The van der Waals surface area contributed by atoms with Crippen molar-refractivity contribution in [2.45, 2.75) is 24.7 Å². The van der Waals surface area contributed by atoms with Crippen LogP contribution in [0.1, 0.15) is 28.2 Å². The van der Waals surface area contributed by atoms with Crippen molar-refractivity contribution < 1.29 is 13.2 Å². The number of rotatable bonds is 5. The molecule has 2 heterocycles. The number of amides is 1. The third-order valence-corrected chi connectivity index (χ3v) is 8.07. The summed E-state index contributed by atoms with van der Waals surface area (Å²) in [6, 6.07) is 11.7. The van der Waals surface area contributed by atoms with Gasteiger partial charge in [-0.3, -0.25) is 4.79 Å². The van der Waals surface area contributed by atoms with Gasteiger partial charge in [-0.2, -0.15) is 4.31 Å². The summed E-state index contributed by atoms with van der Waals surface area (Å²) in [4.78, 5) is 17.2. The van der Waals surface area contributed by atoms with Crippen molar-refractivity contribution >= 4 is 44.6 Å². The first-order valence-electron chi connectivity index (χ1n) is 9.48. The number of thiazole rings is 1. The van der Waals surface area contributed by atoms with E-state index >= 15 is 0 Å². The van der Waals surface area contributed by atoms with Gasteiger partial charge in [0.1, 0.15) is 4.90 Å². The Kier molecular flexibility index (Phi) is 5.92. The van der Waals surface area contributed by atoms with Crippen LogP contribution in [0.3, 0.4) is 0 Å². The number of nitrogens with one attached hydrogen (secondary N) is 1. The molecule has 1 saturated heterocycles. The van der Waals surface area contributed by atoms with Crippen LogP contribution in [-0.2, 0) is 10.0 Å². The minimum atomic E-state index is -3.72. The van der Waals surface area contributed by atoms with Gasteiger partial charge in [0, 0.05) is 35.3 Å². The van der Waals surface area contributed by atoms with Crippen LogP contribution in [0.2, 0.25) is 5.02 Å². The van der Waals surface area contributed by atoms with Crippen molar-refractivity contribution in [2.75, 3.05) is 18.4 Å². The van der Waals surface area contributed by atoms with E-state index in [1.54, 1.807) is 17.4 Å². The summed E-state index contributed by atoms with van der Waals surface area (Å²) in [6.45, 7) is 2.88. The molecule has 30 heavy (non-hydrogen) atoms. The first-order valence-corrected chi connectivity index (χ1v) is 12.2. The first-order chi connectivity index (χ1) is 14.3. The average Bonchev–Trinajstić information content (AvgIpc) is 3.40. The molecule has 1 aliphatic heterocycles. The molecule has 0 atom stereocenters. The summed E-state index contributed by atoms with van der Waals surface area (Å²) in [7, 11) is -3.72. The summed E-state index contributed by atoms with van der Waals surface area (Å²) in [5, 5.41) is 5.87. The third-order valence-electron chi connectivity index (χ3n) is 4.91. The Morgan fingerprint density at radius 3 is 2.63 bits per heavy atom.